The lowest BCUT2D eigenvalue weighted by Gasteiger charge is -2.17. The SMILES string of the molecule is CC(C)(C)SCCOc1cccc(C#N)c1. The molecule has 0 saturated carbocycles. The summed E-state index contributed by atoms with van der Waals surface area (Å²) in [4.78, 5) is 0. The highest BCUT2D eigenvalue weighted by atomic mass is 32.2. The highest BCUT2D eigenvalue weighted by Crippen LogP contribution is 2.23. The summed E-state index contributed by atoms with van der Waals surface area (Å²) < 4.78 is 5.85. The topological polar surface area (TPSA) is 33.0 Å². The van der Waals surface area contributed by atoms with E-state index in [1.807, 2.05) is 23.9 Å². The Morgan fingerprint density at radius 2 is 2.12 bits per heavy atom. The molecule has 16 heavy (non-hydrogen) atoms. The molecule has 0 aliphatic carbocycles. The molecule has 1 rings (SSSR count). The fourth-order valence-electron chi connectivity index (χ4n) is 1.16. The van der Waals surface area contributed by atoms with Gasteiger partial charge in [-0.25, -0.2) is 0 Å². The zero-order valence-electron chi connectivity index (χ0n) is 9.99. The Morgan fingerprint density at radius 3 is 2.75 bits per heavy atom. The van der Waals surface area contributed by atoms with Gasteiger partial charge >= 0.3 is 0 Å². The summed E-state index contributed by atoms with van der Waals surface area (Å²) in [6, 6.07) is 9.35. The zero-order valence-corrected chi connectivity index (χ0v) is 10.8. The lowest BCUT2D eigenvalue weighted by atomic mass is 10.2. The number of benzene rings is 1. The Kier molecular flexibility index (Phi) is 4.70. The van der Waals surface area contributed by atoms with E-state index in [0.29, 0.717) is 12.2 Å². The lowest BCUT2D eigenvalue weighted by Crippen LogP contribution is -2.11. The molecule has 0 saturated heterocycles. The average Bonchev–Trinajstić information content (AvgIpc) is 2.23. The van der Waals surface area contributed by atoms with Crippen LogP contribution in [0, 0.1) is 11.3 Å². The second-order valence-corrected chi connectivity index (χ2v) is 6.37. The third-order valence-corrected chi connectivity index (χ3v) is 3.09. The molecule has 0 heterocycles. The van der Waals surface area contributed by atoms with Gasteiger partial charge in [0.05, 0.1) is 18.2 Å². The number of nitriles is 1. The Labute approximate surface area is 102 Å². The first-order valence-corrected chi connectivity index (χ1v) is 6.27. The van der Waals surface area contributed by atoms with Crippen molar-refractivity contribution in [2.24, 2.45) is 0 Å². The number of ether oxygens (including phenoxy) is 1. The summed E-state index contributed by atoms with van der Waals surface area (Å²) in [6.07, 6.45) is 0. The van der Waals surface area contributed by atoms with E-state index in [1.165, 1.54) is 0 Å². The van der Waals surface area contributed by atoms with Gasteiger partial charge in [-0.2, -0.15) is 17.0 Å². The van der Waals surface area contributed by atoms with Gasteiger partial charge in [-0.05, 0) is 18.2 Å². The standard InChI is InChI=1S/C13H17NOS/c1-13(2,3)16-8-7-15-12-6-4-5-11(9-12)10-14/h4-6,9H,7-8H2,1-3H3. The summed E-state index contributed by atoms with van der Waals surface area (Å²) in [5, 5.41) is 8.73. The fourth-order valence-corrected chi connectivity index (χ4v) is 1.94. The summed E-state index contributed by atoms with van der Waals surface area (Å²) in [6.45, 7) is 7.24. The minimum absolute atomic E-state index is 0.276. The van der Waals surface area contributed by atoms with E-state index < -0.39 is 0 Å². The maximum atomic E-state index is 8.73. The van der Waals surface area contributed by atoms with E-state index in [0.717, 1.165) is 11.5 Å². The first-order valence-electron chi connectivity index (χ1n) is 5.28. The molecule has 0 aromatic heterocycles. The van der Waals surface area contributed by atoms with Gasteiger partial charge in [0.2, 0.25) is 0 Å². The molecule has 0 aliphatic rings. The van der Waals surface area contributed by atoms with Gasteiger partial charge in [0.15, 0.2) is 0 Å². The van der Waals surface area contributed by atoms with Crippen LogP contribution in [-0.2, 0) is 0 Å². The smallest absolute Gasteiger partial charge is 0.120 e. The molecule has 0 fully saturated rings. The highest BCUT2D eigenvalue weighted by Gasteiger charge is 2.09. The van der Waals surface area contributed by atoms with Crippen molar-refractivity contribution in [3.63, 3.8) is 0 Å². The Hall–Kier alpha value is -1.14. The third kappa shape index (κ3) is 5.09. The molecule has 3 heteroatoms. The number of hydrogen-bond acceptors (Lipinski definition) is 3. The lowest BCUT2D eigenvalue weighted by molar-refractivity contribution is 0.343. The van der Waals surface area contributed by atoms with Crippen LogP contribution in [0.5, 0.6) is 5.75 Å². The molecule has 0 bridgehead atoms. The predicted molar refractivity (Wildman–Crippen MR) is 68.9 cm³/mol. The fraction of sp³-hybridized carbons (Fsp3) is 0.462. The number of hydrogen-bond donors (Lipinski definition) is 0. The third-order valence-electron chi connectivity index (χ3n) is 1.85. The molecule has 0 N–H and O–H groups in total. The Morgan fingerprint density at radius 1 is 1.38 bits per heavy atom. The van der Waals surface area contributed by atoms with Crippen molar-refractivity contribution in [2.75, 3.05) is 12.4 Å². The van der Waals surface area contributed by atoms with E-state index in [2.05, 4.69) is 26.8 Å². The molecule has 0 unspecified atom stereocenters. The molecule has 0 radical (unpaired) electrons. The van der Waals surface area contributed by atoms with Crippen molar-refractivity contribution < 1.29 is 4.74 Å². The molecule has 0 amide bonds. The predicted octanol–water partition coefficient (Wildman–Crippen LogP) is 3.47. The second kappa shape index (κ2) is 5.81. The Balaban J connectivity index is 2.35. The summed E-state index contributed by atoms with van der Waals surface area (Å²) in [5.74, 6) is 1.73. The van der Waals surface area contributed by atoms with Crippen LogP contribution in [0.25, 0.3) is 0 Å². The number of thioether (sulfide) groups is 1. The normalized spacial score (nSPS) is 10.9. The molecule has 0 aliphatic heterocycles. The molecule has 1 aromatic carbocycles. The van der Waals surface area contributed by atoms with Gasteiger partial charge < -0.3 is 4.74 Å². The van der Waals surface area contributed by atoms with Crippen LogP contribution in [0.2, 0.25) is 0 Å². The second-order valence-electron chi connectivity index (χ2n) is 4.45. The van der Waals surface area contributed by atoms with Crippen LogP contribution >= 0.6 is 11.8 Å². The number of rotatable bonds is 4. The molecular weight excluding hydrogens is 218 g/mol. The average molecular weight is 235 g/mol. The quantitative estimate of drug-likeness (QED) is 0.749. The summed E-state index contributed by atoms with van der Waals surface area (Å²) in [7, 11) is 0. The molecule has 0 spiro atoms. The molecule has 0 atom stereocenters. The zero-order chi connectivity index (χ0) is 12.0. The van der Waals surface area contributed by atoms with Crippen LogP contribution in [0.15, 0.2) is 24.3 Å². The molecule has 1 aromatic rings. The monoisotopic (exact) mass is 235 g/mol. The van der Waals surface area contributed by atoms with E-state index in [4.69, 9.17) is 10.00 Å². The maximum Gasteiger partial charge on any atom is 0.120 e. The van der Waals surface area contributed by atoms with E-state index in [1.54, 1.807) is 12.1 Å². The van der Waals surface area contributed by atoms with Gasteiger partial charge in [0.1, 0.15) is 5.75 Å². The van der Waals surface area contributed by atoms with Crippen LogP contribution in [-0.4, -0.2) is 17.1 Å². The van der Waals surface area contributed by atoms with Crippen LogP contribution in [0.1, 0.15) is 26.3 Å². The molecule has 2 nitrogen and oxygen atoms in total. The van der Waals surface area contributed by atoms with Gasteiger partial charge in [0, 0.05) is 10.5 Å². The van der Waals surface area contributed by atoms with Gasteiger partial charge in [-0.1, -0.05) is 26.8 Å². The van der Waals surface area contributed by atoms with Crippen molar-refractivity contribution in [3.05, 3.63) is 29.8 Å². The number of nitrogens with zero attached hydrogens (tertiary/aromatic N) is 1. The largest absolute Gasteiger partial charge is 0.493 e. The Bertz CT molecular complexity index is 376. The van der Waals surface area contributed by atoms with E-state index in [-0.39, 0.29) is 4.75 Å². The van der Waals surface area contributed by atoms with Crippen LogP contribution < -0.4 is 4.74 Å². The van der Waals surface area contributed by atoms with Gasteiger partial charge in [-0.15, -0.1) is 0 Å². The minimum Gasteiger partial charge on any atom is -0.493 e. The van der Waals surface area contributed by atoms with Crippen molar-refractivity contribution in [2.45, 2.75) is 25.5 Å². The van der Waals surface area contributed by atoms with Crippen molar-refractivity contribution in [1.82, 2.24) is 0 Å². The van der Waals surface area contributed by atoms with Crippen molar-refractivity contribution >= 4 is 11.8 Å². The van der Waals surface area contributed by atoms with E-state index >= 15 is 0 Å². The highest BCUT2D eigenvalue weighted by molar-refractivity contribution is 8.00. The minimum atomic E-state index is 0.276. The first kappa shape index (κ1) is 12.9. The molecular formula is C13H17NOS. The first-order chi connectivity index (χ1) is 7.51. The van der Waals surface area contributed by atoms with Crippen LogP contribution in [0.3, 0.4) is 0 Å². The van der Waals surface area contributed by atoms with Gasteiger partial charge in [0.25, 0.3) is 0 Å². The summed E-state index contributed by atoms with van der Waals surface area (Å²) >= 11 is 1.87. The molecule has 86 valence electrons. The maximum absolute atomic E-state index is 8.73. The van der Waals surface area contributed by atoms with Crippen molar-refractivity contribution in [3.8, 4) is 11.8 Å². The van der Waals surface area contributed by atoms with E-state index in [9.17, 15) is 0 Å². The van der Waals surface area contributed by atoms with Crippen LogP contribution in [0.4, 0.5) is 0 Å². The van der Waals surface area contributed by atoms with Gasteiger partial charge in [-0.3, -0.25) is 0 Å². The summed E-state index contributed by atoms with van der Waals surface area (Å²) in [5.41, 5.74) is 0.640. The van der Waals surface area contributed by atoms with Crippen molar-refractivity contribution in [1.29, 1.82) is 5.26 Å².